The van der Waals surface area contributed by atoms with Crippen LogP contribution < -0.4 is 11.1 Å². The highest BCUT2D eigenvalue weighted by molar-refractivity contribution is 9.10. The van der Waals surface area contributed by atoms with Crippen LogP contribution in [0.2, 0.25) is 0 Å². The topological polar surface area (TPSA) is 92.4 Å². The number of nitrogens with one attached hydrogen (secondary N) is 1. The molecule has 0 saturated carbocycles. The molecule has 0 aliphatic heterocycles. The maximum atomic E-state index is 11.7. The molecule has 0 spiro atoms. The number of carbonyl (C=O) groups excluding carboxylic acids is 1. The lowest BCUT2D eigenvalue weighted by Crippen LogP contribution is -2.31. The van der Waals surface area contributed by atoms with Gasteiger partial charge in [-0.25, -0.2) is 0 Å². The van der Waals surface area contributed by atoms with Crippen molar-refractivity contribution in [3.05, 3.63) is 28.2 Å². The Morgan fingerprint density at radius 2 is 2.12 bits per heavy atom. The summed E-state index contributed by atoms with van der Waals surface area (Å²) in [6, 6.07) is 4.83. The number of rotatable bonds is 4. The number of nitrogen functional groups attached to an aromatic ring is 1. The molecular weight excluding hydrogens is 288 g/mol. The van der Waals surface area contributed by atoms with E-state index in [2.05, 4.69) is 21.2 Å². The summed E-state index contributed by atoms with van der Waals surface area (Å²) < 4.78 is 0.703. The lowest BCUT2D eigenvalue weighted by molar-refractivity contribution is -0.140. The van der Waals surface area contributed by atoms with Gasteiger partial charge in [-0.2, -0.15) is 0 Å². The van der Waals surface area contributed by atoms with Gasteiger partial charge in [0.05, 0.1) is 5.92 Å². The molecule has 92 valence electrons. The maximum absolute atomic E-state index is 11.7. The zero-order valence-electron chi connectivity index (χ0n) is 9.24. The minimum Gasteiger partial charge on any atom is -0.481 e. The number of aliphatic carboxylic acids is 1. The SMILES string of the molecule is CC(CNC(=O)c1cc(N)cc(Br)c1)C(=O)O. The molecule has 0 bridgehead atoms. The van der Waals surface area contributed by atoms with Crippen molar-refractivity contribution in [1.82, 2.24) is 5.32 Å². The highest BCUT2D eigenvalue weighted by atomic mass is 79.9. The molecule has 17 heavy (non-hydrogen) atoms. The van der Waals surface area contributed by atoms with Gasteiger partial charge in [-0.1, -0.05) is 22.9 Å². The fraction of sp³-hybridized carbons (Fsp3) is 0.273. The number of carboxylic acid groups (broad SMARTS) is 1. The Hall–Kier alpha value is -1.56. The number of anilines is 1. The molecule has 0 fully saturated rings. The molecule has 0 saturated heterocycles. The normalized spacial score (nSPS) is 11.9. The Kier molecular flexibility index (Phi) is 4.51. The summed E-state index contributed by atoms with van der Waals surface area (Å²) in [6.07, 6.45) is 0. The second-order valence-electron chi connectivity index (χ2n) is 3.72. The van der Waals surface area contributed by atoms with E-state index in [1.807, 2.05) is 0 Å². The smallest absolute Gasteiger partial charge is 0.308 e. The third-order valence-electron chi connectivity index (χ3n) is 2.17. The minimum atomic E-state index is -0.945. The van der Waals surface area contributed by atoms with Crippen molar-refractivity contribution in [1.29, 1.82) is 0 Å². The fourth-order valence-electron chi connectivity index (χ4n) is 1.18. The van der Waals surface area contributed by atoms with Gasteiger partial charge in [0, 0.05) is 22.3 Å². The van der Waals surface area contributed by atoms with Gasteiger partial charge in [-0.3, -0.25) is 9.59 Å². The molecule has 0 aromatic heterocycles. The Bertz CT molecular complexity index is 428. The van der Waals surface area contributed by atoms with E-state index in [4.69, 9.17) is 10.8 Å². The quantitative estimate of drug-likeness (QED) is 0.734. The van der Waals surface area contributed by atoms with Gasteiger partial charge < -0.3 is 16.2 Å². The van der Waals surface area contributed by atoms with Crippen LogP contribution in [0.25, 0.3) is 0 Å². The van der Waals surface area contributed by atoms with Crippen LogP contribution in [0.3, 0.4) is 0 Å². The summed E-state index contributed by atoms with van der Waals surface area (Å²) in [5.74, 6) is -1.91. The molecule has 4 N–H and O–H groups in total. The molecule has 6 heteroatoms. The molecule has 1 atom stereocenters. The van der Waals surface area contributed by atoms with Crippen molar-refractivity contribution in [3.8, 4) is 0 Å². The Morgan fingerprint density at radius 1 is 1.47 bits per heavy atom. The average molecular weight is 301 g/mol. The van der Waals surface area contributed by atoms with Crippen LogP contribution in [-0.2, 0) is 4.79 Å². The summed E-state index contributed by atoms with van der Waals surface area (Å²) in [4.78, 5) is 22.3. The lowest BCUT2D eigenvalue weighted by Gasteiger charge is -2.09. The van der Waals surface area contributed by atoms with Gasteiger partial charge in [0.25, 0.3) is 5.91 Å². The predicted octanol–water partition coefficient (Wildman–Crippen LogP) is 1.48. The first kappa shape index (κ1) is 13.5. The zero-order valence-corrected chi connectivity index (χ0v) is 10.8. The molecule has 1 aromatic rings. The van der Waals surface area contributed by atoms with E-state index in [0.717, 1.165) is 0 Å². The van der Waals surface area contributed by atoms with Crippen molar-refractivity contribution in [2.75, 3.05) is 12.3 Å². The van der Waals surface area contributed by atoms with Crippen molar-refractivity contribution in [2.24, 2.45) is 5.92 Å². The lowest BCUT2D eigenvalue weighted by atomic mass is 10.1. The molecule has 1 aromatic carbocycles. The minimum absolute atomic E-state index is 0.0839. The van der Waals surface area contributed by atoms with E-state index in [9.17, 15) is 9.59 Å². The predicted molar refractivity (Wildman–Crippen MR) is 67.7 cm³/mol. The first-order valence-corrected chi connectivity index (χ1v) is 5.76. The van der Waals surface area contributed by atoms with Crippen molar-refractivity contribution in [3.63, 3.8) is 0 Å². The van der Waals surface area contributed by atoms with Gasteiger partial charge >= 0.3 is 5.97 Å². The Morgan fingerprint density at radius 3 is 2.65 bits per heavy atom. The van der Waals surface area contributed by atoms with Gasteiger partial charge in [-0.15, -0.1) is 0 Å². The number of halogens is 1. The highest BCUT2D eigenvalue weighted by Gasteiger charge is 2.13. The number of benzene rings is 1. The molecule has 0 aliphatic rings. The Labute approximate surface area is 107 Å². The second kappa shape index (κ2) is 5.67. The third kappa shape index (κ3) is 4.07. The van der Waals surface area contributed by atoms with Crippen LogP contribution >= 0.6 is 15.9 Å². The first-order valence-electron chi connectivity index (χ1n) is 4.97. The first-order chi connectivity index (χ1) is 7.90. The van der Waals surface area contributed by atoms with E-state index >= 15 is 0 Å². The fourth-order valence-corrected chi connectivity index (χ4v) is 1.69. The van der Waals surface area contributed by atoms with E-state index in [1.165, 1.54) is 13.0 Å². The van der Waals surface area contributed by atoms with Crippen LogP contribution in [0.4, 0.5) is 5.69 Å². The number of carboxylic acids is 1. The summed E-state index contributed by atoms with van der Waals surface area (Å²) in [5.41, 5.74) is 6.46. The third-order valence-corrected chi connectivity index (χ3v) is 2.63. The molecule has 1 unspecified atom stereocenters. The van der Waals surface area contributed by atoms with E-state index < -0.39 is 11.9 Å². The average Bonchev–Trinajstić information content (AvgIpc) is 2.23. The van der Waals surface area contributed by atoms with Crippen LogP contribution in [0, 0.1) is 5.92 Å². The van der Waals surface area contributed by atoms with Crippen LogP contribution in [0.15, 0.2) is 22.7 Å². The van der Waals surface area contributed by atoms with Crippen molar-refractivity contribution < 1.29 is 14.7 Å². The highest BCUT2D eigenvalue weighted by Crippen LogP contribution is 2.17. The molecule has 1 amide bonds. The number of hydrogen-bond donors (Lipinski definition) is 3. The second-order valence-corrected chi connectivity index (χ2v) is 4.64. The molecular formula is C11H13BrN2O3. The summed E-state index contributed by atoms with van der Waals surface area (Å²) >= 11 is 3.23. The van der Waals surface area contributed by atoms with Crippen molar-refractivity contribution in [2.45, 2.75) is 6.92 Å². The molecule has 0 heterocycles. The summed E-state index contributed by atoms with van der Waals surface area (Å²) in [5, 5.41) is 11.2. The standard InChI is InChI=1S/C11H13BrN2O3/c1-6(11(16)17)5-14-10(15)7-2-8(12)4-9(13)3-7/h2-4,6H,5,13H2,1H3,(H,14,15)(H,16,17). The largest absolute Gasteiger partial charge is 0.481 e. The molecule has 1 rings (SSSR count). The zero-order chi connectivity index (χ0) is 13.0. The molecule has 5 nitrogen and oxygen atoms in total. The maximum Gasteiger partial charge on any atom is 0.308 e. The summed E-state index contributed by atoms with van der Waals surface area (Å²) in [7, 11) is 0. The van der Waals surface area contributed by atoms with Crippen LogP contribution in [0.5, 0.6) is 0 Å². The van der Waals surface area contributed by atoms with Gasteiger partial charge in [-0.05, 0) is 18.2 Å². The van der Waals surface area contributed by atoms with E-state index in [-0.39, 0.29) is 12.5 Å². The van der Waals surface area contributed by atoms with Gasteiger partial charge in [0.2, 0.25) is 0 Å². The van der Waals surface area contributed by atoms with E-state index in [0.29, 0.717) is 15.7 Å². The number of nitrogens with two attached hydrogens (primary N) is 1. The van der Waals surface area contributed by atoms with Gasteiger partial charge in [0.1, 0.15) is 0 Å². The monoisotopic (exact) mass is 300 g/mol. The van der Waals surface area contributed by atoms with Crippen LogP contribution in [-0.4, -0.2) is 23.5 Å². The number of hydrogen-bond acceptors (Lipinski definition) is 3. The van der Waals surface area contributed by atoms with Crippen molar-refractivity contribution >= 4 is 33.5 Å². The number of carbonyl (C=O) groups is 2. The Balaban J connectivity index is 2.67. The molecule has 0 aliphatic carbocycles. The van der Waals surface area contributed by atoms with Gasteiger partial charge in [0.15, 0.2) is 0 Å². The summed E-state index contributed by atoms with van der Waals surface area (Å²) in [6.45, 7) is 1.61. The molecule has 0 radical (unpaired) electrons. The van der Waals surface area contributed by atoms with Crippen LogP contribution in [0.1, 0.15) is 17.3 Å². The van der Waals surface area contributed by atoms with E-state index in [1.54, 1.807) is 12.1 Å². The number of amides is 1.